The summed E-state index contributed by atoms with van der Waals surface area (Å²) in [5.41, 5.74) is 4.90. The van der Waals surface area contributed by atoms with E-state index in [1.807, 2.05) is 6.07 Å². The summed E-state index contributed by atoms with van der Waals surface area (Å²) in [7, 11) is 0. The molecule has 1 aliphatic heterocycles. The maximum Gasteiger partial charge on any atom is 0.150 e. The summed E-state index contributed by atoms with van der Waals surface area (Å²) in [5, 5.41) is 9.21. The molecular formula is C20H14FNO2. The topological polar surface area (TPSA) is 50.1 Å². The zero-order valence-corrected chi connectivity index (χ0v) is 12.9. The Morgan fingerprint density at radius 2 is 2.00 bits per heavy atom. The van der Waals surface area contributed by atoms with Gasteiger partial charge in [-0.05, 0) is 42.0 Å². The first-order valence-electron chi connectivity index (χ1n) is 7.86. The second kappa shape index (κ2) is 5.61. The van der Waals surface area contributed by atoms with Crippen molar-refractivity contribution in [2.75, 3.05) is 0 Å². The molecule has 0 radical (unpaired) electrons. The fraction of sp³-hybridized carbons (Fsp3) is 0.200. The van der Waals surface area contributed by atoms with Crippen LogP contribution in [0.25, 0.3) is 5.57 Å². The summed E-state index contributed by atoms with van der Waals surface area (Å²) in [4.78, 5) is 11.4. The van der Waals surface area contributed by atoms with E-state index in [1.54, 1.807) is 12.1 Å². The molecule has 4 heteroatoms. The summed E-state index contributed by atoms with van der Waals surface area (Å²) < 4.78 is 19.4. The molecule has 4 rings (SSSR count). The van der Waals surface area contributed by atoms with Crippen molar-refractivity contribution in [2.45, 2.75) is 25.4 Å². The van der Waals surface area contributed by atoms with Crippen molar-refractivity contribution in [1.82, 2.24) is 0 Å². The van der Waals surface area contributed by atoms with Crippen LogP contribution in [0.5, 0.6) is 5.75 Å². The van der Waals surface area contributed by atoms with Crippen LogP contribution in [-0.2, 0) is 6.61 Å². The minimum Gasteiger partial charge on any atom is -0.488 e. The van der Waals surface area contributed by atoms with Gasteiger partial charge in [-0.15, -0.1) is 0 Å². The summed E-state index contributed by atoms with van der Waals surface area (Å²) in [6, 6.07) is 10.1. The van der Waals surface area contributed by atoms with Crippen molar-refractivity contribution in [3.8, 4) is 11.8 Å². The second-order valence-corrected chi connectivity index (χ2v) is 6.10. The molecule has 118 valence electrons. The van der Waals surface area contributed by atoms with Crippen LogP contribution in [0, 0.1) is 17.1 Å². The number of nitriles is 1. The lowest BCUT2D eigenvalue weighted by Crippen LogP contribution is -2.04. The minimum atomic E-state index is -0.382. The van der Waals surface area contributed by atoms with E-state index in [9.17, 15) is 14.4 Å². The molecule has 0 amide bonds. The van der Waals surface area contributed by atoms with Gasteiger partial charge < -0.3 is 4.74 Å². The van der Waals surface area contributed by atoms with Gasteiger partial charge in [-0.3, -0.25) is 4.79 Å². The van der Waals surface area contributed by atoms with Gasteiger partial charge >= 0.3 is 0 Å². The fourth-order valence-electron chi connectivity index (χ4n) is 3.40. The number of ether oxygens (including phenoxy) is 1. The molecule has 1 fully saturated rings. The lowest BCUT2D eigenvalue weighted by Gasteiger charge is -2.15. The van der Waals surface area contributed by atoms with Crippen LogP contribution in [0.1, 0.15) is 51.4 Å². The number of fused-ring (bicyclic) bond motifs is 2. The molecular weight excluding hydrogens is 305 g/mol. The van der Waals surface area contributed by atoms with Gasteiger partial charge in [0.25, 0.3) is 0 Å². The molecule has 1 aliphatic carbocycles. The molecule has 0 unspecified atom stereocenters. The third-order valence-electron chi connectivity index (χ3n) is 4.61. The molecule has 0 bridgehead atoms. The van der Waals surface area contributed by atoms with Gasteiger partial charge in [0.15, 0.2) is 0 Å². The van der Waals surface area contributed by atoms with E-state index < -0.39 is 0 Å². The number of carbonyl (C=O) groups excluding carboxylic acids is 1. The summed E-state index contributed by atoms with van der Waals surface area (Å²) in [6.07, 6.45) is 4.44. The Labute approximate surface area is 139 Å². The Kier molecular flexibility index (Phi) is 3.42. The average Bonchev–Trinajstić information content (AvgIpc) is 3.42. The van der Waals surface area contributed by atoms with Crippen LogP contribution in [0.2, 0.25) is 0 Å². The Morgan fingerprint density at radius 3 is 2.71 bits per heavy atom. The highest BCUT2D eigenvalue weighted by atomic mass is 19.1. The number of benzene rings is 2. The highest BCUT2D eigenvalue weighted by Gasteiger charge is 2.32. The number of aldehydes is 1. The van der Waals surface area contributed by atoms with Crippen molar-refractivity contribution in [2.24, 2.45) is 0 Å². The molecule has 1 saturated carbocycles. The third kappa shape index (κ3) is 2.30. The molecule has 2 aromatic carbocycles. The molecule has 1 heterocycles. The van der Waals surface area contributed by atoms with Gasteiger partial charge in [-0.25, -0.2) is 4.39 Å². The highest BCUT2D eigenvalue weighted by molar-refractivity contribution is 5.89. The number of nitrogens with zero attached hydrogens (tertiary/aromatic N) is 1. The largest absolute Gasteiger partial charge is 0.488 e. The van der Waals surface area contributed by atoms with E-state index in [0.717, 1.165) is 35.8 Å². The average molecular weight is 319 g/mol. The van der Waals surface area contributed by atoms with Crippen molar-refractivity contribution >= 4 is 11.9 Å². The van der Waals surface area contributed by atoms with Gasteiger partial charge in [-0.1, -0.05) is 12.1 Å². The fourth-order valence-corrected chi connectivity index (χ4v) is 3.40. The van der Waals surface area contributed by atoms with Gasteiger partial charge in [0.1, 0.15) is 24.5 Å². The van der Waals surface area contributed by atoms with Crippen molar-refractivity contribution < 1.29 is 13.9 Å². The lowest BCUT2D eigenvalue weighted by atomic mass is 9.88. The number of rotatable bonds is 2. The Morgan fingerprint density at radius 1 is 1.21 bits per heavy atom. The van der Waals surface area contributed by atoms with Gasteiger partial charge in [0.2, 0.25) is 0 Å². The standard InChI is InChI=1S/C20H14FNO2/c21-14-4-6-17-16(7-8-22)15-5-3-13(10-23)20(12-1-2-12)18(15)11-24-19(17)9-14/h3-7,9-10,12H,1-2,11H2. The quantitative estimate of drug-likeness (QED) is 0.610. The number of halogens is 1. The third-order valence-corrected chi connectivity index (χ3v) is 4.61. The molecule has 0 aromatic heterocycles. The molecule has 0 N–H and O–H groups in total. The van der Waals surface area contributed by atoms with Crippen LogP contribution in [0.4, 0.5) is 4.39 Å². The Hall–Kier alpha value is -2.93. The molecule has 3 nitrogen and oxygen atoms in total. The van der Waals surface area contributed by atoms with Gasteiger partial charge in [-0.2, -0.15) is 5.26 Å². The molecule has 0 saturated heterocycles. The first kappa shape index (κ1) is 14.6. The molecule has 24 heavy (non-hydrogen) atoms. The number of hydrogen-bond donors (Lipinski definition) is 0. The highest BCUT2D eigenvalue weighted by Crippen LogP contribution is 2.47. The summed E-state index contributed by atoms with van der Waals surface area (Å²) in [6.45, 7) is 0.266. The summed E-state index contributed by atoms with van der Waals surface area (Å²) >= 11 is 0. The van der Waals surface area contributed by atoms with Crippen molar-refractivity contribution in [3.63, 3.8) is 0 Å². The number of carbonyl (C=O) groups is 1. The van der Waals surface area contributed by atoms with Crippen molar-refractivity contribution in [3.05, 3.63) is 70.0 Å². The number of hydrogen-bond acceptors (Lipinski definition) is 3. The molecule has 2 aromatic rings. The smallest absolute Gasteiger partial charge is 0.150 e. The zero-order valence-electron chi connectivity index (χ0n) is 12.9. The zero-order chi connectivity index (χ0) is 16.7. The van der Waals surface area contributed by atoms with E-state index in [4.69, 9.17) is 4.74 Å². The van der Waals surface area contributed by atoms with E-state index >= 15 is 0 Å². The molecule has 2 aliphatic rings. The van der Waals surface area contributed by atoms with Crippen LogP contribution in [-0.4, -0.2) is 6.29 Å². The minimum absolute atomic E-state index is 0.266. The molecule has 0 spiro atoms. The Balaban J connectivity index is 1.99. The van der Waals surface area contributed by atoms with Gasteiger partial charge in [0.05, 0.1) is 6.07 Å². The van der Waals surface area contributed by atoms with Crippen LogP contribution < -0.4 is 4.74 Å². The van der Waals surface area contributed by atoms with E-state index in [0.29, 0.717) is 28.4 Å². The predicted molar refractivity (Wildman–Crippen MR) is 87.2 cm³/mol. The van der Waals surface area contributed by atoms with Crippen molar-refractivity contribution in [1.29, 1.82) is 5.26 Å². The van der Waals surface area contributed by atoms with E-state index in [-0.39, 0.29) is 12.4 Å². The second-order valence-electron chi connectivity index (χ2n) is 6.10. The molecule has 0 atom stereocenters. The Bertz CT molecular complexity index is 920. The first-order valence-corrected chi connectivity index (χ1v) is 7.86. The predicted octanol–water partition coefficient (Wildman–Crippen LogP) is 4.36. The van der Waals surface area contributed by atoms with Crippen LogP contribution in [0.3, 0.4) is 0 Å². The van der Waals surface area contributed by atoms with E-state index in [1.165, 1.54) is 18.2 Å². The van der Waals surface area contributed by atoms with Crippen LogP contribution in [0.15, 0.2) is 36.4 Å². The van der Waals surface area contributed by atoms with Crippen LogP contribution >= 0.6 is 0 Å². The normalized spacial score (nSPS) is 17.2. The summed E-state index contributed by atoms with van der Waals surface area (Å²) in [5.74, 6) is 0.402. The number of allylic oxidation sites excluding steroid dienone is 1. The maximum atomic E-state index is 13.6. The van der Waals surface area contributed by atoms with E-state index in [2.05, 4.69) is 6.07 Å². The maximum absolute atomic E-state index is 13.6. The first-order chi connectivity index (χ1) is 11.7. The SMILES string of the molecule is N#CC=C1c2ccc(F)cc2OCc2c1ccc(C=O)c2C1CC1. The lowest BCUT2D eigenvalue weighted by molar-refractivity contribution is 0.112. The monoisotopic (exact) mass is 319 g/mol. The van der Waals surface area contributed by atoms with Gasteiger partial charge in [0, 0.05) is 34.4 Å².